The van der Waals surface area contributed by atoms with Crippen molar-refractivity contribution in [2.45, 2.75) is 58.5 Å². The minimum absolute atomic E-state index is 0.205. The van der Waals surface area contributed by atoms with Crippen molar-refractivity contribution >= 4 is 11.9 Å². The van der Waals surface area contributed by atoms with Crippen LogP contribution in [0, 0.1) is 5.92 Å². The molecule has 3 rings (SSSR count). The summed E-state index contributed by atoms with van der Waals surface area (Å²) in [5, 5.41) is 3.42. The Hall–Kier alpha value is -2.08. The number of likely N-dealkylation sites (tertiary alicyclic amines) is 2. The van der Waals surface area contributed by atoms with Crippen LogP contribution in [0.4, 0.5) is 0 Å². The molecule has 1 unspecified atom stereocenters. The number of carbonyl (C=O) groups is 1. The molecule has 1 atom stereocenters. The van der Waals surface area contributed by atoms with Gasteiger partial charge in [-0.2, -0.15) is 0 Å². The van der Waals surface area contributed by atoms with E-state index in [-0.39, 0.29) is 5.91 Å². The van der Waals surface area contributed by atoms with Gasteiger partial charge in [0.2, 0.25) is 5.91 Å². The first kappa shape index (κ1) is 21.6. The second-order valence-corrected chi connectivity index (χ2v) is 8.45. The number of carbonyl (C=O) groups excluding carboxylic acids is 1. The first-order chi connectivity index (χ1) is 14.1. The number of nitrogens with one attached hydrogen (secondary N) is 1. The summed E-state index contributed by atoms with van der Waals surface area (Å²) in [6.45, 7) is 8.94. The van der Waals surface area contributed by atoms with Crippen LogP contribution in [0.5, 0.6) is 0 Å². The van der Waals surface area contributed by atoms with Crippen LogP contribution < -0.4 is 11.1 Å². The van der Waals surface area contributed by atoms with Crippen molar-refractivity contribution in [2.24, 2.45) is 16.6 Å². The zero-order valence-corrected chi connectivity index (χ0v) is 17.9. The molecule has 0 aromatic heterocycles. The van der Waals surface area contributed by atoms with Crippen LogP contribution in [0.3, 0.4) is 0 Å². The van der Waals surface area contributed by atoms with E-state index < -0.39 is 0 Å². The summed E-state index contributed by atoms with van der Waals surface area (Å²) in [5.74, 6) is 1.07. The molecule has 2 aliphatic heterocycles. The third-order valence-electron chi connectivity index (χ3n) is 5.93. The molecule has 0 radical (unpaired) electrons. The largest absolute Gasteiger partial charge is 0.370 e. The SMILES string of the molecule is CCNC(=NCc1ccc(CN2CCCCC2)cc1)N1CCCC(CC(N)=O)C1. The molecule has 2 heterocycles. The van der Waals surface area contributed by atoms with E-state index in [2.05, 4.69) is 46.3 Å². The van der Waals surface area contributed by atoms with Gasteiger partial charge in [-0.15, -0.1) is 0 Å². The third kappa shape index (κ3) is 7.03. The minimum atomic E-state index is -0.205. The zero-order chi connectivity index (χ0) is 20.5. The lowest BCUT2D eigenvalue weighted by Gasteiger charge is -2.34. The second-order valence-electron chi connectivity index (χ2n) is 8.45. The average Bonchev–Trinajstić information content (AvgIpc) is 2.73. The molecular formula is C23H37N5O. The fourth-order valence-electron chi connectivity index (χ4n) is 4.43. The molecule has 2 aliphatic rings. The number of amides is 1. The van der Waals surface area contributed by atoms with E-state index in [1.165, 1.54) is 43.5 Å². The van der Waals surface area contributed by atoms with Crippen LogP contribution in [0.25, 0.3) is 0 Å². The maximum absolute atomic E-state index is 11.3. The average molecular weight is 400 g/mol. The Labute approximate surface area is 175 Å². The molecule has 1 aromatic carbocycles. The van der Waals surface area contributed by atoms with Gasteiger partial charge in [-0.25, -0.2) is 4.99 Å². The van der Waals surface area contributed by atoms with E-state index >= 15 is 0 Å². The number of primary amides is 1. The molecule has 160 valence electrons. The monoisotopic (exact) mass is 399 g/mol. The maximum atomic E-state index is 11.3. The molecule has 1 aromatic rings. The number of piperidine rings is 2. The highest BCUT2D eigenvalue weighted by molar-refractivity contribution is 5.80. The van der Waals surface area contributed by atoms with Gasteiger partial charge in [-0.05, 0) is 62.7 Å². The smallest absolute Gasteiger partial charge is 0.217 e. The van der Waals surface area contributed by atoms with Crippen LogP contribution in [0.2, 0.25) is 0 Å². The number of hydrogen-bond acceptors (Lipinski definition) is 3. The first-order valence-corrected chi connectivity index (χ1v) is 11.3. The predicted molar refractivity (Wildman–Crippen MR) is 118 cm³/mol. The predicted octanol–water partition coefficient (Wildman–Crippen LogP) is 2.73. The standard InChI is InChI=1S/C23H37N5O/c1-2-25-23(28-14-6-7-21(18-28)15-22(24)29)26-16-19-8-10-20(11-9-19)17-27-12-4-3-5-13-27/h8-11,21H,2-7,12-18H2,1H3,(H2,24,29)(H,25,26). The summed E-state index contributed by atoms with van der Waals surface area (Å²) in [6.07, 6.45) is 6.65. The van der Waals surface area contributed by atoms with Crippen LogP contribution in [-0.4, -0.2) is 54.4 Å². The summed E-state index contributed by atoms with van der Waals surface area (Å²) in [4.78, 5) is 21.0. The van der Waals surface area contributed by atoms with E-state index in [0.717, 1.165) is 45.0 Å². The number of nitrogens with two attached hydrogens (primary N) is 1. The van der Waals surface area contributed by atoms with Crippen LogP contribution in [0.15, 0.2) is 29.3 Å². The van der Waals surface area contributed by atoms with Crippen molar-refractivity contribution < 1.29 is 4.79 Å². The van der Waals surface area contributed by atoms with Gasteiger partial charge >= 0.3 is 0 Å². The number of aliphatic imine (C=N–C) groups is 1. The highest BCUT2D eigenvalue weighted by atomic mass is 16.1. The number of hydrogen-bond donors (Lipinski definition) is 2. The molecule has 2 saturated heterocycles. The lowest BCUT2D eigenvalue weighted by molar-refractivity contribution is -0.119. The summed E-state index contributed by atoms with van der Waals surface area (Å²) in [5.41, 5.74) is 8.02. The molecule has 29 heavy (non-hydrogen) atoms. The van der Waals surface area contributed by atoms with Crippen molar-refractivity contribution in [1.29, 1.82) is 0 Å². The quantitative estimate of drug-likeness (QED) is 0.546. The van der Waals surface area contributed by atoms with Gasteiger partial charge in [-0.3, -0.25) is 9.69 Å². The molecule has 0 spiro atoms. The lowest BCUT2D eigenvalue weighted by atomic mass is 9.95. The Balaban J connectivity index is 1.57. The highest BCUT2D eigenvalue weighted by Gasteiger charge is 2.23. The topological polar surface area (TPSA) is 74.0 Å². The fraction of sp³-hybridized carbons (Fsp3) is 0.652. The zero-order valence-electron chi connectivity index (χ0n) is 17.9. The van der Waals surface area contributed by atoms with Gasteiger partial charge in [0, 0.05) is 32.6 Å². The Morgan fingerprint density at radius 2 is 1.83 bits per heavy atom. The molecule has 0 saturated carbocycles. The lowest BCUT2D eigenvalue weighted by Crippen LogP contribution is -2.47. The normalized spacial score (nSPS) is 21.2. The Morgan fingerprint density at radius 3 is 2.52 bits per heavy atom. The van der Waals surface area contributed by atoms with Gasteiger partial charge in [-0.1, -0.05) is 30.7 Å². The molecule has 6 nitrogen and oxygen atoms in total. The molecule has 0 aliphatic carbocycles. The Morgan fingerprint density at radius 1 is 1.10 bits per heavy atom. The molecule has 6 heteroatoms. The van der Waals surface area contributed by atoms with Crippen molar-refractivity contribution in [1.82, 2.24) is 15.1 Å². The molecule has 3 N–H and O–H groups in total. The second kappa shape index (κ2) is 11.2. The number of rotatable bonds is 7. The van der Waals surface area contributed by atoms with E-state index in [1.807, 2.05) is 0 Å². The molecular weight excluding hydrogens is 362 g/mol. The summed E-state index contributed by atoms with van der Waals surface area (Å²) in [7, 11) is 0. The summed E-state index contributed by atoms with van der Waals surface area (Å²) in [6, 6.07) is 8.91. The van der Waals surface area contributed by atoms with Crippen molar-refractivity contribution in [3.05, 3.63) is 35.4 Å². The molecule has 1 amide bonds. The van der Waals surface area contributed by atoms with E-state index in [0.29, 0.717) is 18.9 Å². The van der Waals surface area contributed by atoms with Gasteiger partial charge in [0.1, 0.15) is 0 Å². The molecule has 2 fully saturated rings. The summed E-state index contributed by atoms with van der Waals surface area (Å²) >= 11 is 0. The Bertz CT molecular complexity index is 666. The highest BCUT2D eigenvalue weighted by Crippen LogP contribution is 2.20. The van der Waals surface area contributed by atoms with Crippen LogP contribution in [0.1, 0.15) is 56.6 Å². The van der Waals surface area contributed by atoms with Gasteiger partial charge in [0.05, 0.1) is 6.54 Å². The number of benzene rings is 1. The number of guanidine groups is 1. The van der Waals surface area contributed by atoms with Crippen molar-refractivity contribution in [2.75, 3.05) is 32.7 Å². The molecule has 0 bridgehead atoms. The van der Waals surface area contributed by atoms with Gasteiger partial charge in [0.25, 0.3) is 0 Å². The minimum Gasteiger partial charge on any atom is -0.370 e. The Kier molecular flexibility index (Phi) is 8.35. The van der Waals surface area contributed by atoms with E-state index in [9.17, 15) is 4.79 Å². The summed E-state index contributed by atoms with van der Waals surface area (Å²) < 4.78 is 0. The van der Waals surface area contributed by atoms with Crippen molar-refractivity contribution in [3.8, 4) is 0 Å². The van der Waals surface area contributed by atoms with Crippen LogP contribution >= 0.6 is 0 Å². The van der Waals surface area contributed by atoms with Crippen molar-refractivity contribution in [3.63, 3.8) is 0 Å². The van der Waals surface area contributed by atoms with Gasteiger partial charge < -0.3 is 16.0 Å². The fourth-order valence-corrected chi connectivity index (χ4v) is 4.43. The number of nitrogens with zero attached hydrogens (tertiary/aromatic N) is 3. The maximum Gasteiger partial charge on any atom is 0.217 e. The van der Waals surface area contributed by atoms with Crippen LogP contribution in [-0.2, 0) is 17.9 Å². The third-order valence-corrected chi connectivity index (χ3v) is 5.93. The van der Waals surface area contributed by atoms with E-state index in [1.54, 1.807) is 0 Å². The van der Waals surface area contributed by atoms with Gasteiger partial charge in [0.15, 0.2) is 5.96 Å². The first-order valence-electron chi connectivity index (χ1n) is 11.3. The van der Waals surface area contributed by atoms with E-state index in [4.69, 9.17) is 10.7 Å².